The molecule has 0 bridgehead atoms. The fourth-order valence-electron chi connectivity index (χ4n) is 3.76. The molecule has 0 spiro atoms. The Morgan fingerprint density at radius 1 is 1.28 bits per heavy atom. The molecule has 0 unspecified atom stereocenters. The summed E-state index contributed by atoms with van der Waals surface area (Å²) in [4.78, 5) is 16.2. The van der Waals surface area contributed by atoms with Crippen LogP contribution >= 0.6 is 11.6 Å². The Labute approximate surface area is 152 Å². The first kappa shape index (κ1) is 18.6. The van der Waals surface area contributed by atoms with Gasteiger partial charge in [-0.3, -0.25) is 9.69 Å². The van der Waals surface area contributed by atoms with Crippen LogP contribution in [0.5, 0.6) is 0 Å². The lowest BCUT2D eigenvalue weighted by atomic mass is 10.0. The monoisotopic (exact) mass is 388 g/mol. The van der Waals surface area contributed by atoms with Gasteiger partial charge in [0, 0.05) is 32.1 Å². The van der Waals surface area contributed by atoms with Gasteiger partial charge in [0.1, 0.15) is 5.82 Å². The van der Waals surface area contributed by atoms with Crippen molar-refractivity contribution < 1.29 is 17.6 Å². The minimum Gasteiger partial charge on any atom is -0.336 e. The second kappa shape index (κ2) is 7.21. The van der Waals surface area contributed by atoms with E-state index in [0.717, 1.165) is 12.0 Å². The Bertz CT molecular complexity index is 771. The third-order valence-corrected chi connectivity index (χ3v) is 6.93. The first-order valence-electron chi connectivity index (χ1n) is 8.48. The van der Waals surface area contributed by atoms with Gasteiger partial charge in [0.2, 0.25) is 5.91 Å². The van der Waals surface area contributed by atoms with Crippen LogP contribution in [0, 0.1) is 5.82 Å². The summed E-state index contributed by atoms with van der Waals surface area (Å²) in [5.74, 6) is -0.364. The molecule has 138 valence electrons. The molecule has 0 aromatic heterocycles. The van der Waals surface area contributed by atoms with Crippen molar-refractivity contribution in [1.29, 1.82) is 0 Å². The van der Waals surface area contributed by atoms with Gasteiger partial charge >= 0.3 is 0 Å². The Hall–Kier alpha value is -1.18. The van der Waals surface area contributed by atoms with E-state index in [4.69, 9.17) is 11.6 Å². The van der Waals surface area contributed by atoms with Gasteiger partial charge < -0.3 is 4.90 Å². The van der Waals surface area contributed by atoms with Gasteiger partial charge in [0.25, 0.3) is 0 Å². The molecule has 2 aliphatic rings. The van der Waals surface area contributed by atoms with Crippen LogP contribution in [0.1, 0.15) is 25.3 Å². The summed E-state index contributed by atoms with van der Waals surface area (Å²) in [6.45, 7) is 3.55. The van der Waals surface area contributed by atoms with E-state index < -0.39 is 15.7 Å². The molecule has 2 aliphatic heterocycles. The Balaban J connectivity index is 1.80. The average Bonchev–Trinajstić information content (AvgIpc) is 2.87. The summed E-state index contributed by atoms with van der Waals surface area (Å²) in [5, 5.41) is 0.0600. The van der Waals surface area contributed by atoms with E-state index in [1.165, 1.54) is 6.07 Å². The van der Waals surface area contributed by atoms with Crippen LogP contribution in [-0.2, 0) is 21.2 Å². The molecule has 2 saturated heterocycles. The van der Waals surface area contributed by atoms with Crippen molar-refractivity contribution in [3.8, 4) is 0 Å². The van der Waals surface area contributed by atoms with Gasteiger partial charge in [-0.2, -0.15) is 0 Å². The molecule has 0 saturated carbocycles. The number of piperazine rings is 1. The lowest BCUT2D eigenvalue weighted by Crippen LogP contribution is -2.60. The number of carbonyl (C=O) groups excluding carboxylic acids is 1. The standard InChI is InChI=1S/C17H22ClFN2O3S/c1-2-3-17(22)21-7-6-20(15-10-25(23,24)11-16(15)21)9-12-4-5-14(19)13(18)8-12/h4-5,8,15-16H,2-3,6-7,9-11H2,1H3/t15-,16+/m0/s1. The maximum absolute atomic E-state index is 13.3. The highest BCUT2D eigenvalue weighted by molar-refractivity contribution is 7.91. The molecule has 1 amide bonds. The van der Waals surface area contributed by atoms with Crippen molar-refractivity contribution >= 4 is 27.3 Å². The zero-order valence-corrected chi connectivity index (χ0v) is 15.7. The van der Waals surface area contributed by atoms with Crippen molar-refractivity contribution in [2.75, 3.05) is 24.6 Å². The largest absolute Gasteiger partial charge is 0.336 e. The second-order valence-electron chi connectivity index (χ2n) is 6.77. The van der Waals surface area contributed by atoms with Gasteiger partial charge in [-0.15, -0.1) is 0 Å². The summed E-state index contributed by atoms with van der Waals surface area (Å²) >= 11 is 5.85. The Kier molecular flexibility index (Phi) is 5.37. The number of carbonyl (C=O) groups is 1. The number of amides is 1. The highest BCUT2D eigenvalue weighted by Gasteiger charge is 2.47. The molecule has 5 nitrogen and oxygen atoms in total. The average molecular weight is 389 g/mol. The van der Waals surface area contributed by atoms with Crippen molar-refractivity contribution in [1.82, 2.24) is 9.80 Å². The van der Waals surface area contributed by atoms with Gasteiger partial charge in [-0.1, -0.05) is 24.6 Å². The quantitative estimate of drug-likeness (QED) is 0.792. The molecule has 8 heteroatoms. The number of nitrogens with zero attached hydrogens (tertiary/aromatic N) is 2. The molecule has 2 heterocycles. The molecule has 0 radical (unpaired) electrons. The number of halogens is 2. The SMILES string of the molecule is CCCC(=O)N1CCN(Cc2ccc(F)c(Cl)c2)[C@H]2CS(=O)(=O)C[C@H]21. The summed E-state index contributed by atoms with van der Waals surface area (Å²) in [6.07, 6.45) is 1.19. The van der Waals surface area contributed by atoms with Crippen LogP contribution in [0.2, 0.25) is 5.02 Å². The van der Waals surface area contributed by atoms with Crippen LogP contribution in [0.3, 0.4) is 0 Å². The van der Waals surface area contributed by atoms with E-state index in [9.17, 15) is 17.6 Å². The number of hydrogen-bond donors (Lipinski definition) is 0. The zero-order valence-electron chi connectivity index (χ0n) is 14.1. The lowest BCUT2D eigenvalue weighted by Gasteiger charge is -2.44. The zero-order chi connectivity index (χ0) is 18.2. The first-order chi connectivity index (χ1) is 11.8. The maximum Gasteiger partial charge on any atom is 0.222 e. The molecule has 3 rings (SSSR count). The normalized spacial score (nSPS) is 25.8. The van der Waals surface area contributed by atoms with Crippen LogP contribution in [0.4, 0.5) is 4.39 Å². The predicted molar refractivity (Wildman–Crippen MR) is 94.7 cm³/mol. The van der Waals surface area contributed by atoms with Gasteiger partial charge in [-0.25, -0.2) is 12.8 Å². The highest BCUT2D eigenvalue weighted by Crippen LogP contribution is 2.29. The molecule has 25 heavy (non-hydrogen) atoms. The Morgan fingerprint density at radius 2 is 2.00 bits per heavy atom. The highest BCUT2D eigenvalue weighted by atomic mass is 35.5. The minimum atomic E-state index is -3.17. The van der Waals surface area contributed by atoms with E-state index in [1.807, 2.05) is 6.92 Å². The molecule has 0 N–H and O–H groups in total. The van der Waals surface area contributed by atoms with Crippen molar-refractivity contribution in [2.45, 2.75) is 38.4 Å². The number of rotatable bonds is 4. The Morgan fingerprint density at radius 3 is 2.68 bits per heavy atom. The summed E-state index contributed by atoms with van der Waals surface area (Å²) < 4.78 is 37.7. The molecule has 1 aromatic rings. The molecular weight excluding hydrogens is 367 g/mol. The number of hydrogen-bond acceptors (Lipinski definition) is 4. The molecule has 0 aliphatic carbocycles. The van der Waals surface area contributed by atoms with Gasteiger partial charge in [-0.05, 0) is 24.1 Å². The number of fused-ring (bicyclic) bond motifs is 1. The third-order valence-electron chi connectivity index (χ3n) is 4.94. The first-order valence-corrected chi connectivity index (χ1v) is 10.7. The minimum absolute atomic E-state index is 0.0216. The summed E-state index contributed by atoms with van der Waals surface area (Å²) in [5.41, 5.74) is 0.836. The lowest BCUT2D eigenvalue weighted by molar-refractivity contribution is -0.137. The topological polar surface area (TPSA) is 57.7 Å². The summed E-state index contributed by atoms with van der Waals surface area (Å²) in [6, 6.07) is 4.04. The van der Waals surface area contributed by atoms with E-state index >= 15 is 0 Å². The van der Waals surface area contributed by atoms with E-state index in [2.05, 4.69) is 4.90 Å². The van der Waals surface area contributed by atoms with E-state index in [-0.39, 0.29) is 34.5 Å². The number of benzene rings is 1. The van der Waals surface area contributed by atoms with Crippen LogP contribution < -0.4 is 0 Å². The smallest absolute Gasteiger partial charge is 0.222 e. The fraction of sp³-hybridized carbons (Fsp3) is 0.588. The molecular formula is C17H22ClFN2O3S. The number of sulfone groups is 1. The van der Waals surface area contributed by atoms with Crippen LogP contribution in [0.25, 0.3) is 0 Å². The van der Waals surface area contributed by atoms with E-state index in [1.54, 1.807) is 17.0 Å². The van der Waals surface area contributed by atoms with Crippen molar-refractivity contribution in [3.05, 3.63) is 34.6 Å². The van der Waals surface area contributed by atoms with E-state index in [0.29, 0.717) is 26.1 Å². The fourth-order valence-corrected chi connectivity index (χ4v) is 5.98. The maximum atomic E-state index is 13.3. The molecule has 2 fully saturated rings. The second-order valence-corrected chi connectivity index (χ2v) is 9.33. The van der Waals surface area contributed by atoms with Crippen molar-refractivity contribution in [3.63, 3.8) is 0 Å². The van der Waals surface area contributed by atoms with Crippen molar-refractivity contribution in [2.24, 2.45) is 0 Å². The molecule has 1 aromatic carbocycles. The summed E-state index contributed by atoms with van der Waals surface area (Å²) in [7, 11) is -3.17. The van der Waals surface area contributed by atoms with Crippen LogP contribution in [-0.4, -0.2) is 60.8 Å². The third kappa shape index (κ3) is 3.99. The van der Waals surface area contributed by atoms with Gasteiger partial charge in [0.05, 0.1) is 22.6 Å². The predicted octanol–water partition coefficient (Wildman–Crippen LogP) is 2.09. The molecule has 2 atom stereocenters. The van der Waals surface area contributed by atoms with Crippen LogP contribution in [0.15, 0.2) is 18.2 Å². The van der Waals surface area contributed by atoms with Gasteiger partial charge in [0.15, 0.2) is 9.84 Å².